The van der Waals surface area contributed by atoms with Crippen LogP contribution in [-0.4, -0.2) is 121 Å². The molecule has 40 heavy (non-hydrogen) atoms. The van der Waals surface area contributed by atoms with E-state index in [2.05, 4.69) is 22.7 Å². The maximum absolute atomic E-state index is 13.2. The molecule has 1 atom stereocenters. The number of ether oxygens (including phenoxy) is 1. The minimum Gasteiger partial charge on any atom is -0.460 e. The van der Waals surface area contributed by atoms with Crippen LogP contribution in [0.25, 0.3) is 0 Å². The van der Waals surface area contributed by atoms with Crippen LogP contribution in [0.2, 0.25) is 0 Å². The summed E-state index contributed by atoms with van der Waals surface area (Å²) in [7, 11) is 3.99. The van der Waals surface area contributed by atoms with E-state index in [0.717, 1.165) is 19.5 Å². The van der Waals surface area contributed by atoms with E-state index in [1.54, 1.807) is 36.6 Å². The van der Waals surface area contributed by atoms with Crippen LogP contribution in [0.4, 0.5) is 0 Å². The van der Waals surface area contributed by atoms with Crippen molar-refractivity contribution in [3.05, 3.63) is 12.7 Å². The first-order valence-electron chi connectivity index (χ1n) is 14.2. The lowest BCUT2D eigenvalue weighted by molar-refractivity contribution is -0.155. The number of terminal acetylenes is 1. The largest absolute Gasteiger partial charge is 0.460 e. The summed E-state index contributed by atoms with van der Waals surface area (Å²) in [5, 5.41) is 3.26. The van der Waals surface area contributed by atoms with E-state index in [-0.39, 0.29) is 69.2 Å². The Bertz CT molecular complexity index is 846. The van der Waals surface area contributed by atoms with Gasteiger partial charge in [0.1, 0.15) is 5.60 Å². The van der Waals surface area contributed by atoms with Gasteiger partial charge in [0, 0.05) is 71.1 Å². The van der Waals surface area contributed by atoms with Gasteiger partial charge in [-0.25, -0.2) is 0 Å². The highest BCUT2D eigenvalue weighted by molar-refractivity contribution is 5.81. The van der Waals surface area contributed by atoms with E-state index in [1.165, 1.54) is 4.90 Å². The van der Waals surface area contributed by atoms with Crippen molar-refractivity contribution in [2.45, 2.75) is 78.4 Å². The molecule has 0 aromatic rings. The van der Waals surface area contributed by atoms with Crippen LogP contribution in [0, 0.1) is 12.3 Å². The Morgan fingerprint density at radius 2 is 1.52 bits per heavy atom. The number of hydrogen-bond donors (Lipinski definition) is 1. The number of nitrogens with one attached hydrogen (secondary N) is 1. The number of amides is 3. The van der Waals surface area contributed by atoms with Crippen LogP contribution in [0.15, 0.2) is 12.7 Å². The van der Waals surface area contributed by atoms with Gasteiger partial charge in [-0.05, 0) is 48.2 Å². The van der Waals surface area contributed by atoms with Crippen molar-refractivity contribution in [2.75, 3.05) is 66.5 Å². The number of carbonyl (C=O) groups is 4. The molecular formula is C30H53N5O5. The standard InChI is InChI=1S/C30H53N5O5/c1-10-19-33(26(36)13-17-31-18-24-32(8)9)21-14-28(38)35(25(4)12-3)23-15-27(37)34(20-11-2)22-16-29(39)40-30(5,6)7/h2,10,25,31H,1,12-24H2,3-9H3/t25-/m0/s1. The second-order valence-electron chi connectivity index (χ2n) is 11.1. The molecule has 228 valence electrons. The second kappa shape index (κ2) is 20.0. The van der Waals surface area contributed by atoms with Gasteiger partial charge in [-0.2, -0.15) is 0 Å². The summed E-state index contributed by atoms with van der Waals surface area (Å²) < 4.78 is 5.32. The van der Waals surface area contributed by atoms with E-state index < -0.39 is 11.6 Å². The lowest BCUT2D eigenvalue weighted by atomic mass is 10.1. The Hall–Kier alpha value is -2.90. The summed E-state index contributed by atoms with van der Waals surface area (Å²) in [6.07, 6.45) is 8.45. The van der Waals surface area contributed by atoms with Crippen LogP contribution in [0.5, 0.6) is 0 Å². The molecule has 0 rings (SSSR count). The highest BCUT2D eigenvalue weighted by Gasteiger charge is 2.24. The summed E-state index contributed by atoms with van der Waals surface area (Å²) in [5.41, 5.74) is -0.607. The topological polar surface area (TPSA) is 102 Å². The zero-order valence-electron chi connectivity index (χ0n) is 26.0. The van der Waals surface area contributed by atoms with Gasteiger partial charge in [0.25, 0.3) is 0 Å². The smallest absolute Gasteiger partial charge is 0.308 e. The van der Waals surface area contributed by atoms with Crippen molar-refractivity contribution in [1.82, 2.24) is 24.9 Å². The van der Waals surface area contributed by atoms with E-state index in [1.807, 2.05) is 27.9 Å². The van der Waals surface area contributed by atoms with Crippen molar-refractivity contribution >= 4 is 23.7 Å². The zero-order chi connectivity index (χ0) is 30.7. The Labute approximate surface area is 242 Å². The molecule has 0 aromatic carbocycles. The van der Waals surface area contributed by atoms with Crippen molar-refractivity contribution in [2.24, 2.45) is 0 Å². The molecule has 0 radical (unpaired) electrons. The van der Waals surface area contributed by atoms with Gasteiger partial charge < -0.3 is 29.7 Å². The molecule has 0 aliphatic rings. The molecule has 10 nitrogen and oxygen atoms in total. The van der Waals surface area contributed by atoms with Gasteiger partial charge in [-0.15, -0.1) is 13.0 Å². The van der Waals surface area contributed by atoms with Gasteiger partial charge in [0.15, 0.2) is 0 Å². The predicted molar refractivity (Wildman–Crippen MR) is 159 cm³/mol. The van der Waals surface area contributed by atoms with Gasteiger partial charge >= 0.3 is 5.97 Å². The fraction of sp³-hybridized carbons (Fsp3) is 0.733. The van der Waals surface area contributed by atoms with E-state index in [9.17, 15) is 19.2 Å². The molecule has 3 amide bonds. The minimum atomic E-state index is -0.607. The normalized spacial score (nSPS) is 11.9. The molecule has 0 saturated carbocycles. The van der Waals surface area contributed by atoms with Crippen molar-refractivity contribution in [3.8, 4) is 12.3 Å². The first kappa shape index (κ1) is 37.1. The fourth-order valence-electron chi connectivity index (χ4n) is 3.84. The number of rotatable bonds is 20. The summed E-state index contributed by atoms with van der Waals surface area (Å²) in [6, 6.07) is -0.0763. The maximum atomic E-state index is 13.2. The van der Waals surface area contributed by atoms with Crippen LogP contribution in [0.3, 0.4) is 0 Å². The van der Waals surface area contributed by atoms with Gasteiger partial charge in [-0.1, -0.05) is 18.9 Å². The van der Waals surface area contributed by atoms with Crippen molar-refractivity contribution < 1.29 is 23.9 Å². The fourth-order valence-corrected chi connectivity index (χ4v) is 3.84. The quantitative estimate of drug-likeness (QED) is 0.105. The van der Waals surface area contributed by atoms with Gasteiger partial charge in [0.2, 0.25) is 17.7 Å². The Morgan fingerprint density at radius 1 is 0.925 bits per heavy atom. The molecule has 0 saturated heterocycles. The molecule has 0 aliphatic carbocycles. The van der Waals surface area contributed by atoms with Crippen LogP contribution < -0.4 is 5.32 Å². The van der Waals surface area contributed by atoms with Gasteiger partial charge in [0.05, 0.1) is 13.0 Å². The Morgan fingerprint density at radius 3 is 2.08 bits per heavy atom. The third-order valence-electron chi connectivity index (χ3n) is 6.20. The van der Waals surface area contributed by atoms with Gasteiger partial charge in [-0.3, -0.25) is 19.2 Å². The van der Waals surface area contributed by atoms with E-state index >= 15 is 0 Å². The van der Waals surface area contributed by atoms with Crippen LogP contribution in [-0.2, 0) is 23.9 Å². The third kappa shape index (κ3) is 16.9. The van der Waals surface area contributed by atoms with E-state index in [4.69, 9.17) is 11.2 Å². The summed E-state index contributed by atoms with van der Waals surface area (Å²) in [6.45, 7) is 16.4. The van der Waals surface area contributed by atoms with Crippen molar-refractivity contribution in [3.63, 3.8) is 0 Å². The summed E-state index contributed by atoms with van der Waals surface area (Å²) in [4.78, 5) is 57.9. The first-order chi connectivity index (χ1) is 18.7. The number of hydrogen-bond acceptors (Lipinski definition) is 7. The number of carbonyl (C=O) groups excluding carboxylic acids is 4. The average molecular weight is 564 g/mol. The Kier molecular flexibility index (Phi) is 18.6. The molecule has 0 spiro atoms. The minimum absolute atomic E-state index is 0.0368. The third-order valence-corrected chi connectivity index (χ3v) is 6.20. The summed E-state index contributed by atoms with van der Waals surface area (Å²) >= 11 is 0. The molecule has 10 heteroatoms. The number of likely N-dealkylation sites (N-methyl/N-ethyl adjacent to an activating group) is 1. The zero-order valence-corrected chi connectivity index (χ0v) is 26.0. The monoisotopic (exact) mass is 563 g/mol. The molecular weight excluding hydrogens is 510 g/mol. The van der Waals surface area contributed by atoms with Crippen LogP contribution >= 0.6 is 0 Å². The van der Waals surface area contributed by atoms with Crippen molar-refractivity contribution in [1.29, 1.82) is 0 Å². The number of esters is 1. The highest BCUT2D eigenvalue weighted by atomic mass is 16.6. The molecule has 0 heterocycles. The lowest BCUT2D eigenvalue weighted by Crippen LogP contribution is -2.44. The number of nitrogens with zero attached hydrogens (tertiary/aromatic N) is 4. The molecule has 1 N–H and O–H groups in total. The first-order valence-corrected chi connectivity index (χ1v) is 14.2. The molecule has 0 aromatic heterocycles. The summed E-state index contributed by atoms with van der Waals surface area (Å²) in [5.74, 6) is 1.68. The second-order valence-corrected chi connectivity index (χ2v) is 11.1. The predicted octanol–water partition coefficient (Wildman–Crippen LogP) is 2.14. The average Bonchev–Trinajstić information content (AvgIpc) is 2.87. The molecule has 0 bridgehead atoms. The highest BCUT2D eigenvalue weighted by Crippen LogP contribution is 2.11. The Balaban J connectivity index is 5.05. The lowest BCUT2D eigenvalue weighted by Gasteiger charge is -2.31. The molecule has 0 fully saturated rings. The molecule has 0 aliphatic heterocycles. The SMILES string of the molecule is C#CCN(CCC(=O)OC(C)(C)C)C(=O)CCN(C(=O)CCN(CC=C)C(=O)CCNCCN(C)C)[C@@H](C)CC. The maximum Gasteiger partial charge on any atom is 0.308 e. The van der Waals surface area contributed by atoms with Crippen LogP contribution in [0.1, 0.15) is 66.7 Å². The van der Waals surface area contributed by atoms with E-state index in [0.29, 0.717) is 19.5 Å². The molecule has 0 unspecified atom stereocenters.